The third-order valence-electron chi connectivity index (χ3n) is 5.58. The van der Waals surface area contributed by atoms with Crippen LogP contribution in [0.15, 0.2) is 65.6 Å². The lowest BCUT2D eigenvalue weighted by Crippen LogP contribution is -2.42. The van der Waals surface area contributed by atoms with E-state index in [2.05, 4.69) is 5.32 Å². The summed E-state index contributed by atoms with van der Waals surface area (Å²) < 4.78 is 26.2. The number of amides is 2. The van der Waals surface area contributed by atoms with Gasteiger partial charge in [0.2, 0.25) is 21.8 Å². The van der Waals surface area contributed by atoms with Gasteiger partial charge in [0.25, 0.3) is 0 Å². The van der Waals surface area contributed by atoms with E-state index in [0.717, 1.165) is 9.87 Å². The molecule has 8 heteroatoms. The van der Waals surface area contributed by atoms with E-state index >= 15 is 0 Å². The molecule has 0 atom stereocenters. The Morgan fingerprint density at radius 1 is 1.03 bits per heavy atom. The number of hydrogen-bond acceptors (Lipinski definition) is 4. The van der Waals surface area contributed by atoms with Crippen LogP contribution in [0, 0.1) is 5.92 Å². The first-order chi connectivity index (χ1) is 15.3. The third kappa shape index (κ3) is 5.83. The molecular weight excluding hydrogens is 426 g/mol. The predicted molar refractivity (Wildman–Crippen MR) is 124 cm³/mol. The Balaban J connectivity index is 1.53. The number of rotatable bonds is 7. The second-order valence-electron chi connectivity index (χ2n) is 7.96. The molecule has 2 aromatic rings. The van der Waals surface area contributed by atoms with Crippen LogP contribution in [-0.4, -0.2) is 56.6 Å². The third-order valence-corrected chi connectivity index (χ3v) is 7.50. The summed E-state index contributed by atoms with van der Waals surface area (Å²) in [5, 5.41) is 2.87. The fraction of sp³-hybridized carbons (Fsp3) is 0.333. The van der Waals surface area contributed by atoms with Gasteiger partial charge in [-0.15, -0.1) is 0 Å². The van der Waals surface area contributed by atoms with E-state index in [0.29, 0.717) is 31.5 Å². The minimum Gasteiger partial charge on any atom is -0.352 e. The number of sulfonamides is 1. The van der Waals surface area contributed by atoms with E-state index in [9.17, 15) is 18.0 Å². The summed E-state index contributed by atoms with van der Waals surface area (Å²) in [7, 11) is -0.629. The Bertz CT molecular complexity index is 1070. The summed E-state index contributed by atoms with van der Waals surface area (Å²) in [6, 6.07) is 16.3. The van der Waals surface area contributed by atoms with Crippen LogP contribution in [0.25, 0.3) is 6.08 Å². The van der Waals surface area contributed by atoms with Crippen molar-refractivity contribution in [3.63, 3.8) is 0 Å². The van der Waals surface area contributed by atoms with E-state index in [1.807, 2.05) is 30.3 Å². The van der Waals surface area contributed by atoms with Gasteiger partial charge in [-0.25, -0.2) is 12.7 Å². The molecule has 0 bridgehead atoms. The number of piperidine rings is 1. The summed E-state index contributed by atoms with van der Waals surface area (Å²) in [4.78, 5) is 27.0. The van der Waals surface area contributed by atoms with Crippen molar-refractivity contribution in [2.24, 2.45) is 5.92 Å². The summed E-state index contributed by atoms with van der Waals surface area (Å²) in [6.45, 7) is 1.17. The van der Waals surface area contributed by atoms with Crippen molar-refractivity contribution in [2.75, 3.05) is 27.2 Å². The Hall–Kier alpha value is -2.97. The lowest BCUT2D eigenvalue weighted by molar-refractivity contribution is -0.132. The normalized spacial score (nSPS) is 15.3. The minimum absolute atomic E-state index is 0.0597. The maximum Gasteiger partial charge on any atom is 0.246 e. The molecule has 0 aliphatic carbocycles. The molecule has 0 spiro atoms. The van der Waals surface area contributed by atoms with Gasteiger partial charge in [0.1, 0.15) is 0 Å². The lowest BCUT2D eigenvalue weighted by Gasteiger charge is -2.30. The van der Waals surface area contributed by atoms with E-state index in [4.69, 9.17) is 0 Å². The number of nitrogens with one attached hydrogen (secondary N) is 1. The Labute approximate surface area is 189 Å². The fourth-order valence-electron chi connectivity index (χ4n) is 3.62. The maximum absolute atomic E-state index is 12.7. The number of benzene rings is 2. The van der Waals surface area contributed by atoms with Gasteiger partial charge in [0.05, 0.1) is 4.90 Å². The zero-order valence-electron chi connectivity index (χ0n) is 18.4. The van der Waals surface area contributed by atoms with Gasteiger partial charge >= 0.3 is 0 Å². The van der Waals surface area contributed by atoms with Gasteiger partial charge in [-0.2, -0.15) is 0 Å². The smallest absolute Gasteiger partial charge is 0.246 e. The Morgan fingerprint density at radius 2 is 1.66 bits per heavy atom. The van der Waals surface area contributed by atoms with Crippen molar-refractivity contribution in [1.29, 1.82) is 0 Å². The standard InChI is InChI=1S/C24H29N3O4S/c1-26(2)32(30,31)22-11-7-6-10-21(22)18-25-24(29)20-14-16-27(17-15-20)23(28)13-12-19-8-4-3-5-9-19/h3-13,20H,14-18H2,1-2H3,(H,25,29). The quantitative estimate of drug-likeness (QED) is 0.650. The molecule has 1 aliphatic heterocycles. The monoisotopic (exact) mass is 455 g/mol. The molecule has 2 amide bonds. The molecule has 2 aromatic carbocycles. The molecule has 1 N–H and O–H groups in total. The van der Waals surface area contributed by atoms with Gasteiger partial charge in [0.15, 0.2) is 0 Å². The van der Waals surface area contributed by atoms with Crippen LogP contribution >= 0.6 is 0 Å². The van der Waals surface area contributed by atoms with Crippen LogP contribution in [-0.2, 0) is 26.2 Å². The predicted octanol–water partition coefficient (Wildman–Crippen LogP) is 2.51. The SMILES string of the molecule is CN(C)S(=O)(=O)c1ccccc1CNC(=O)C1CCN(C(=O)C=Cc2ccccc2)CC1. The van der Waals surface area contributed by atoms with Crippen LogP contribution in [0.4, 0.5) is 0 Å². The number of carbonyl (C=O) groups excluding carboxylic acids is 2. The molecule has 1 saturated heterocycles. The number of nitrogens with zero attached hydrogens (tertiary/aromatic N) is 2. The topological polar surface area (TPSA) is 86.8 Å². The van der Waals surface area contributed by atoms with Crippen molar-refractivity contribution in [3.05, 3.63) is 71.8 Å². The fourth-order valence-corrected chi connectivity index (χ4v) is 4.74. The molecule has 1 aliphatic rings. The Morgan fingerprint density at radius 3 is 2.31 bits per heavy atom. The van der Waals surface area contributed by atoms with Crippen LogP contribution in [0.5, 0.6) is 0 Å². The maximum atomic E-state index is 12.7. The van der Waals surface area contributed by atoms with Crippen molar-refractivity contribution in [2.45, 2.75) is 24.3 Å². The number of hydrogen-bond donors (Lipinski definition) is 1. The van der Waals surface area contributed by atoms with Crippen molar-refractivity contribution < 1.29 is 18.0 Å². The summed E-state index contributed by atoms with van der Waals surface area (Å²) >= 11 is 0. The first-order valence-electron chi connectivity index (χ1n) is 10.6. The van der Waals surface area contributed by atoms with Crippen molar-refractivity contribution in [1.82, 2.24) is 14.5 Å². The molecule has 170 valence electrons. The Kier molecular flexibility index (Phi) is 7.82. The highest BCUT2D eigenvalue weighted by molar-refractivity contribution is 7.89. The average Bonchev–Trinajstić information content (AvgIpc) is 2.81. The van der Waals surface area contributed by atoms with Gasteiger partial charge in [-0.3, -0.25) is 9.59 Å². The largest absolute Gasteiger partial charge is 0.352 e. The molecule has 1 heterocycles. The van der Waals surface area contributed by atoms with Gasteiger partial charge in [0, 0.05) is 45.7 Å². The van der Waals surface area contributed by atoms with Crippen molar-refractivity contribution >= 4 is 27.9 Å². The number of carbonyl (C=O) groups is 2. The second-order valence-corrected chi connectivity index (χ2v) is 10.1. The molecule has 0 unspecified atom stereocenters. The molecule has 32 heavy (non-hydrogen) atoms. The van der Waals surface area contributed by atoms with Gasteiger partial charge in [-0.05, 0) is 36.1 Å². The molecule has 0 aromatic heterocycles. The molecule has 0 saturated carbocycles. The molecular formula is C24H29N3O4S. The highest BCUT2D eigenvalue weighted by Gasteiger charge is 2.27. The van der Waals surface area contributed by atoms with Gasteiger partial charge in [-0.1, -0.05) is 48.5 Å². The van der Waals surface area contributed by atoms with Crippen LogP contribution < -0.4 is 5.32 Å². The first-order valence-corrected chi connectivity index (χ1v) is 12.0. The van der Waals surface area contributed by atoms with Gasteiger partial charge < -0.3 is 10.2 Å². The van der Waals surface area contributed by atoms with Crippen molar-refractivity contribution in [3.8, 4) is 0 Å². The first kappa shape index (κ1) is 23.7. The van der Waals surface area contributed by atoms with Crippen LogP contribution in [0.1, 0.15) is 24.0 Å². The van der Waals surface area contributed by atoms with Crippen LogP contribution in [0.3, 0.4) is 0 Å². The average molecular weight is 456 g/mol. The lowest BCUT2D eigenvalue weighted by atomic mass is 9.95. The highest BCUT2D eigenvalue weighted by atomic mass is 32.2. The minimum atomic E-state index is -3.59. The summed E-state index contributed by atoms with van der Waals surface area (Å²) in [5.74, 6) is -0.376. The summed E-state index contributed by atoms with van der Waals surface area (Å²) in [6.07, 6.45) is 4.51. The number of likely N-dealkylation sites (tertiary alicyclic amines) is 1. The molecule has 0 radical (unpaired) electrons. The van der Waals surface area contributed by atoms with Crippen LogP contribution in [0.2, 0.25) is 0 Å². The molecule has 1 fully saturated rings. The molecule has 3 rings (SSSR count). The van der Waals surface area contributed by atoms with E-state index < -0.39 is 10.0 Å². The zero-order valence-corrected chi connectivity index (χ0v) is 19.2. The van der Waals surface area contributed by atoms with E-state index in [1.54, 1.807) is 41.3 Å². The van der Waals surface area contributed by atoms with E-state index in [-0.39, 0.29) is 29.2 Å². The second kappa shape index (κ2) is 10.6. The van der Waals surface area contributed by atoms with E-state index in [1.165, 1.54) is 14.1 Å². The summed E-state index contributed by atoms with van der Waals surface area (Å²) in [5.41, 5.74) is 1.51. The zero-order chi connectivity index (χ0) is 23.1. The molecule has 7 nitrogen and oxygen atoms in total. The highest BCUT2D eigenvalue weighted by Crippen LogP contribution is 2.20.